The molecule has 0 N–H and O–H groups in total. The monoisotopic (exact) mass is 668 g/mol. The molecule has 0 spiro atoms. The van der Waals surface area contributed by atoms with Crippen molar-refractivity contribution in [1.82, 2.24) is 0 Å². The van der Waals surface area contributed by atoms with Crippen LogP contribution in [0.4, 0.5) is 0 Å². The molecule has 0 aromatic rings. The Bertz CT molecular complexity index is 598. The van der Waals surface area contributed by atoms with Crippen molar-refractivity contribution in [3.05, 3.63) is 12.7 Å². The predicted molar refractivity (Wildman–Crippen MR) is 174 cm³/mol. The third-order valence-electron chi connectivity index (χ3n) is 5.93. The lowest BCUT2D eigenvalue weighted by atomic mass is 10.1. The highest BCUT2D eigenvalue weighted by molar-refractivity contribution is 5.69. The fourth-order valence-corrected chi connectivity index (χ4v) is 3.53. The molecule has 13 heteroatoms. The Morgan fingerprint density at radius 2 is 0.696 bits per heavy atom. The summed E-state index contributed by atoms with van der Waals surface area (Å²) >= 11 is 0. The van der Waals surface area contributed by atoms with E-state index in [0.29, 0.717) is 152 Å². The average Bonchev–Trinajstić information content (AvgIpc) is 3.06. The second kappa shape index (κ2) is 41.8. The summed E-state index contributed by atoms with van der Waals surface area (Å²) in [4.78, 5) is 11.6. The highest BCUT2D eigenvalue weighted by Gasteiger charge is 2.02. The largest absolute Gasteiger partial charge is 0.463 e. The number of rotatable bonds is 41. The average molecular weight is 669 g/mol. The lowest BCUT2D eigenvalue weighted by Crippen LogP contribution is -2.15. The van der Waals surface area contributed by atoms with E-state index in [4.69, 9.17) is 56.8 Å². The van der Waals surface area contributed by atoms with Gasteiger partial charge in [-0.1, -0.05) is 38.7 Å². The molecule has 0 atom stereocenters. The number of esters is 1. The molecule has 0 saturated carbocycles. The molecule has 0 aliphatic carbocycles. The van der Waals surface area contributed by atoms with Crippen LogP contribution in [0, 0.1) is 0 Å². The maximum atomic E-state index is 11.6. The highest BCUT2D eigenvalue weighted by atomic mass is 16.6. The van der Waals surface area contributed by atoms with Crippen molar-refractivity contribution in [3.8, 4) is 0 Å². The summed E-state index contributed by atoms with van der Waals surface area (Å²) in [6.45, 7) is 17.1. The topological polar surface area (TPSA) is 128 Å². The minimum absolute atomic E-state index is 0.147. The lowest BCUT2D eigenvalue weighted by Gasteiger charge is -2.09. The van der Waals surface area contributed by atoms with Gasteiger partial charge < -0.3 is 56.8 Å². The zero-order valence-corrected chi connectivity index (χ0v) is 28.6. The van der Waals surface area contributed by atoms with Gasteiger partial charge in [0.2, 0.25) is 0 Å². The highest BCUT2D eigenvalue weighted by Crippen LogP contribution is 2.05. The summed E-state index contributed by atoms with van der Waals surface area (Å²) in [6, 6.07) is 0. The molecule has 274 valence electrons. The maximum absolute atomic E-state index is 11.6. The maximum Gasteiger partial charge on any atom is 0.305 e. The summed E-state index contributed by atoms with van der Waals surface area (Å²) < 4.78 is 64.8. The van der Waals surface area contributed by atoms with Crippen LogP contribution in [0.1, 0.15) is 45.4 Å². The van der Waals surface area contributed by atoms with E-state index in [2.05, 4.69) is 13.5 Å². The first-order valence-corrected chi connectivity index (χ1v) is 16.9. The van der Waals surface area contributed by atoms with Gasteiger partial charge in [0.25, 0.3) is 0 Å². The quantitative estimate of drug-likeness (QED) is 0.0538. The summed E-state index contributed by atoms with van der Waals surface area (Å²) in [5, 5.41) is 0. The number of carbonyl (C=O) groups is 1. The fraction of sp³-hybridized carbons (Fsp3) is 0.909. The van der Waals surface area contributed by atoms with Crippen molar-refractivity contribution in [2.45, 2.75) is 45.4 Å². The predicted octanol–water partition coefficient (Wildman–Crippen LogP) is 3.26. The minimum Gasteiger partial charge on any atom is -0.463 e. The van der Waals surface area contributed by atoms with Crippen LogP contribution in [0.15, 0.2) is 12.7 Å². The van der Waals surface area contributed by atoms with Gasteiger partial charge in [-0.05, 0) is 6.42 Å². The molecule has 0 saturated heterocycles. The van der Waals surface area contributed by atoms with Gasteiger partial charge in [-0.25, -0.2) is 0 Å². The van der Waals surface area contributed by atoms with E-state index in [1.807, 2.05) is 0 Å². The second-order valence-corrected chi connectivity index (χ2v) is 9.87. The Labute approximate surface area is 277 Å². The first-order chi connectivity index (χ1) is 22.8. The summed E-state index contributed by atoms with van der Waals surface area (Å²) in [5.41, 5.74) is 0. The lowest BCUT2D eigenvalue weighted by molar-refractivity contribution is -0.145. The van der Waals surface area contributed by atoms with Crippen LogP contribution >= 0.6 is 0 Å². The van der Waals surface area contributed by atoms with Crippen molar-refractivity contribution in [3.63, 3.8) is 0 Å². The molecule has 0 bridgehead atoms. The Morgan fingerprint density at radius 1 is 0.413 bits per heavy atom. The minimum atomic E-state index is -0.147. The van der Waals surface area contributed by atoms with Gasteiger partial charge in [0, 0.05) is 6.42 Å². The molecule has 0 aliphatic heterocycles. The summed E-state index contributed by atoms with van der Waals surface area (Å²) in [7, 11) is 0. The Morgan fingerprint density at radius 3 is 1.00 bits per heavy atom. The van der Waals surface area contributed by atoms with Crippen molar-refractivity contribution >= 4 is 5.97 Å². The van der Waals surface area contributed by atoms with Crippen molar-refractivity contribution < 1.29 is 61.6 Å². The van der Waals surface area contributed by atoms with E-state index in [0.717, 1.165) is 12.8 Å². The number of hydrogen-bond acceptors (Lipinski definition) is 13. The molecule has 0 radical (unpaired) electrons. The van der Waals surface area contributed by atoms with Gasteiger partial charge in [-0.15, -0.1) is 6.58 Å². The van der Waals surface area contributed by atoms with Gasteiger partial charge in [0.05, 0.1) is 145 Å². The molecule has 0 rings (SSSR count). The van der Waals surface area contributed by atoms with Gasteiger partial charge in [-0.2, -0.15) is 0 Å². The normalized spacial score (nSPS) is 11.3. The van der Waals surface area contributed by atoms with Crippen LogP contribution in [0.3, 0.4) is 0 Å². The number of carbonyl (C=O) groups excluding carboxylic acids is 1. The number of hydrogen-bond donors (Lipinski definition) is 0. The molecule has 0 heterocycles. The molecule has 13 nitrogen and oxygen atoms in total. The molecular weight excluding hydrogens is 604 g/mol. The zero-order valence-electron chi connectivity index (χ0n) is 28.6. The summed E-state index contributed by atoms with van der Waals surface area (Å²) in [5.74, 6) is -0.147. The molecule has 0 fully saturated rings. The SMILES string of the molecule is C=CCOCCOCCOCCOCCOCCOCCOCCOCCOCCOCCOCCOC(=O)CCCCCCC. The van der Waals surface area contributed by atoms with Crippen molar-refractivity contribution in [2.24, 2.45) is 0 Å². The first kappa shape index (κ1) is 44.8. The standard InChI is InChI=1S/C33H64O13/c1-3-5-6-7-8-9-33(34)46-32-31-45-30-29-44-28-27-43-26-25-42-24-23-41-22-21-40-20-19-39-18-17-38-16-15-37-14-13-36-12-11-35-10-4-2/h4H,2-3,5-32H2,1H3. The molecule has 0 aliphatic rings. The van der Waals surface area contributed by atoms with Crippen LogP contribution in [-0.4, -0.2) is 158 Å². The van der Waals surface area contributed by atoms with E-state index < -0.39 is 0 Å². The van der Waals surface area contributed by atoms with Crippen LogP contribution in [0.5, 0.6) is 0 Å². The Hall–Kier alpha value is -1.23. The third kappa shape index (κ3) is 40.8. The second-order valence-electron chi connectivity index (χ2n) is 9.87. The molecular formula is C33H64O13. The van der Waals surface area contributed by atoms with E-state index in [1.54, 1.807) is 6.08 Å². The zero-order chi connectivity index (χ0) is 33.3. The van der Waals surface area contributed by atoms with E-state index in [1.165, 1.54) is 19.3 Å². The number of ether oxygens (including phenoxy) is 12. The van der Waals surface area contributed by atoms with Gasteiger partial charge in [0.1, 0.15) is 6.61 Å². The van der Waals surface area contributed by atoms with E-state index >= 15 is 0 Å². The van der Waals surface area contributed by atoms with E-state index in [-0.39, 0.29) is 12.6 Å². The molecule has 46 heavy (non-hydrogen) atoms. The molecule has 0 aromatic heterocycles. The summed E-state index contributed by atoms with van der Waals surface area (Å²) in [6.07, 6.45) is 7.78. The van der Waals surface area contributed by atoms with Gasteiger partial charge in [-0.3, -0.25) is 4.79 Å². The van der Waals surface area contributed by atoms with Crippen LogP contribution in [0.2, 0.25) is 0 Å². The van der Waals surface area contributed by atoms with Crippen LogP contribution in [-0.2, 0) is 61.6 Å². The third-order valence-corrected chi connectivity index (χ3v) is 5.93. The van der Waals surface area contributed by atoms with Crippen LogP contribution < -0.4 is 0 Å². The van der Waals surface area contributed by atoms with E-state index in [9.17, 15) is 4.79 Å². The first-order valence-electron chi connectivity index (χ1n) is 16.9. The molecule has 0 unspecified atom stereocenters. The smallest absolute Gasteiger partial charge is 0.305 e. The van der Waals surface area contributed by atoms with Gasteiger partial charge >= 0.3 is 5.97 Å². The van der Waals surface area contributed by atoms with Crippen LogP contribution in [0.25, 0.3) is 0 Å². The van der Waals surface area contributed by atoms with Crippen molar-refractivity contribution in [2.75, 3.05) is 152 Å². The molecule has 0 aromatic carbocycles. The van der Waals surface area contributed by atoms with Gasteiger partial charge in [0.15, 0.2) is 0 Å². The fourth-order valence-electron chi connectivity index (χ4n) is 3.53. The Kier molecular flexibility index (Phi) is 40.7. The Balaban J connectivity index is 3.08. The van der Waals surface area contributed by atoms with Crippen molar-refractivity contribution in [1.29, 1.82) is 0 Å². The molecule has 0 amide bonds. The number of unbranched alkanes of at least 4 members (excludes halogenated alkanes) is 4.